The lowest BCUT2D eigenvalue weighted by Crippen LogP contribution is -2.46. The van der Waals surface area contributed by atoms with Crippen LogP contribution in [0.25, 0.3) is 0 Å². The smallest absolute Gasteiger partial charge is 0.338 e. The zero-order chi connectivity index (χ0) is 26.4. The summed E-state index contributed by atoms with van der Waals surface area (Å²) in [6, 6.07) is 3.57. The molecule has 2 atom stereocenters. The van der Waals surface area contributed by atoms with Crippen LogP contribution in [-0.4, -0.2) is 77.1 Å². The highest BCUT2D eigenvalue weighted by atomic mass is 32.1. The van der Waals surface area contributed by atoms with E-state index in [9.17, 15) is 19.4 Å². The molecule has 1 saturated heterocycles. The summed E-state index contributed by atoms with van der Waals surface area (Å²) in [6.45, 7) is 3.78. The van der Waals surface area contributed by atoms with E-state index in [2.05, 4.69) is 21.1 Å². The number of carbonyl (C=O) groups is 1. The molecule has 9 nitrogen and oxygen atoms in total. The number of morpholine rings is 1. The summed E-state index contributed by atoms with van der Waals surface area (Å²) in [6.07, 6.45) is 6.41. The zero-order valence-electron chi connectivity index (χ0n) is 20.4. The molecule has 3 heterocycles. The molecule has 0 radical (unpaired) electrons. The topological polar surface area (TPSA) is 117 Å². The molecule has 4 rings (SSSR count). The molecule has 11 heteroatoms. The molecule has 37 heavy (non-hydrogen) atoms. The molecule has 0 spiro atoms. The van der Waals surface area contributed by atoms with Crippen LogP contribution in [-0.2, 0) is 14.3 Å². The lowest BCUT2D eigenvalue weighted by molar-refractivity contribution is -0.139. The standard InChI is InChI=1S/C26H29FN4O5S/c1-3-17-18(6-5-7-19(17)27)23-22(26(34)35-4-2)20(29-24(30-23)25-28-10-13-37-25)15-31-11-12-36-16(14-31)8-9-21(32)33/h1,5-7,10,13,16,21,23,32-33H,4,8-9,11-12,14-15H2,2H3,(H,29,30)/t16-,23-/m1/s1. The summed E-state index contributed by atoms with van der Waals surface area (Å²) in [7, 11) is 0. The number of carbonyl (C=O) groups excluding carboxylic acids is 1. The maximum absolute atomic E-state index is 14.7. The molecule has 1 aromatic heterocycles. The number of nitrogens with zero attached hydrogens (tertiary/aromatic N) is 3. The number of halogens is 1. The summed E-state index contributed by atoms with van der Waals surface area (Å²) < 4.78 is 25.9. The summed E-state index contributed by atoms with van der Waals surface area (Å²) >= 11 is 1.38. The van der Waals surface area contributed by atoms with Gasteiger partial charge in [0.25, 0.3) is 0 Å². The van der Waals surface area contributed by atoms with Crippen molar-refractivity contribution in [2.24, 2.45) is 4.99 Å². The zero-order valence-corrected chi connectivity index (χ0v) is 21.2. The van der Waals surface area contributed by atoms with Crippen molar-refractivity contribution in [2.75, 3.05) is 32.8 Å². The Balaban J connectivity index is 1.75. The number of aromatic nitrogens is 1. The Hall–Kier alpha value is -3.14. The lowest BCUT2D eigenvalue weighted by atomic mass is 9.91. The third-order valence-corrected chi connectivity index (χ3v) is 6.87. The predicted octanol–water partition coefficient (Wildman–Crippen LogP) is 1.96. The molecule has 0 amide bonds. The minimum atomic E-state index is -1.40. The highest BCUT2D eigenvalue weighted by molar-refractivity contribution is 7.11. The van der Waals surface area contributed by atoms with E-state index in [0.717, 1.165) is 0 Å². The summed E-state index contributed by atoms with van der Waals surface area (Å²) in [5.41, 5.74) is 1.22. The van der Waals surface area contributed by atoms with E-state index < -0.39 is 24.1 Å². The van der Waals surface area contributed by atoms with Crippen molar-refractivity contribution >= 4 is 23.1 Å². The van der Waals surface area contributed by atoms with Crippen LogP contribution < -0.4 is 5.32 Å². The molecule has 196 valence electrons. The third-order valence-electron chi connectivity index (χ3n) is 6.09. The molecule has 1 aromatic carbocycles. The second-order valence-electron chi connectivity index (χ2n) is 8.59. The van der Waals surface area contributed by atoms with Crippen molar-refractivity contribution in [3.8, 4) is 12.3 Å². The van der Waals surface area contributed by atoms with Crippen LogP contribution in [0.5, 0.6) is 0 Å². The maximum atomic E-state index is 14.7. The summed E-state index contributed by atoms with van der Waals surface area (Å²) in [4.78, 5) is 24.5. The SMILES string of the molecule is C#Cc1c(F)cccc1[C@H]1N=C(c2nccs2)NC(CN2CCO[C@H](CCC(O)O)C2)=C1C(=O)OCC. The number of hydrogen-bond donors (Lipinski definition) is 3. The van der Waals surface area contributed by atoms with Crippen LogP contribution in [0.3, 0.4) is 0 Å². The van der Waals surface area contributed by atoms with Gasteiger partial charge in [0.15, 0.2) is 17.1 Å². The number of aliphatic hydroxyl groups excluding tert-OH is 1. The Bertz CT molecular complexity index is 1210. The summed E-state index contributed by atoms with van der Waals surface area (Å²) in [5, 5.41) is 24.2. The molecule has 0 unspecified atom stereocenters. The monoisotopic (exact) mass is 528 g/mol. The van der Waals surface area contributed by atoms with Gasteiger partial charge in [-0.2, -0.15) is 0 Å². The molecular weight excluding hydrogens is 499 g/mol. The van der Waals surface area contributed by atoms with Crippen LogP contribution >= 0.6 is 11.3 Å². The number of aliphatic hydroxyl groups is 2. The minimum absolute atomic E-state index is 0.0341. The van der Waals surface area contributed by atoms with Gasteiger partial charge in [-0.1, -0.05) is 18.1 Å². The number of thiazole rings is 1. The van der Waals surface area contributed by atoms with Crippen LogP contribution in [0, 0.1) is 18.2 Å². The Morgan fingerprint density at radius 3 is 3.00 bits per heavy atom. The number of rotatable bonds is 9. The van der Waals surface area contributed by atoms with Gasteiger partial charge in [0.1, 0.15) is 11.9 Å². The second kappa shape index (κ2) is 12.4. The van der Waals surface area contributed by atoms with E-state index in [4.69, 9.17) is 20.9 Å². The molecule has 0 bridgehead atoms. The van der Waals surface area contributed by atoms with Crippen LogP contribution in [0.2, 0.25) is 0 Å². The highest BCUT2D eigenvalue weighted by Gasteiger charge is 2.35. The Morgan fingerprint density at radius 2 is 2.30 bits per heavy atom. The molecule has 1 fully saturated rings. The van der Waals surface area contributed by atoms with Gasteiger partial charge in [0.05, 0.1) is 30.5 Å². The largest absolute Gasteiger partial charge is 0.463 e. The van der Waals surface area contributed by atoms with E-state index in [-0.39, 0.29) is 30.3 Å². The number of nitrogens with one attached hydrogen (secondary N) is 1. The van der Waals surface area contributed by atoms with Gasteiger partial charge < -0.3 is 25.0 Å². The number of benzene rings is 1. The second-order valence-corrected chi connectivity index (χ2v) is 9.48. The predicted molar refractivity (Wildman–Crippen MR) is 136 cm³/mol. The van der Waals surface area contributed by atoms with Crippen molar-refractivity contribution in [3.63, 3.8) is 0 Å². The quantitative estimate of drug-likeness (QED) is 0.257. The van der Waals surface area contributed by atoms with Gasteiger partial charge in [0.2, 0.25) is 0 Å². The number of amidine groups is 1. The molecule has 2 aliphatic rings. The summed E-state index contributed by atoms with van der Waals surface area (Å²) in [5.74, 6) is 1.71. The average molecular weight is 529 g/mol. The van der Waals surface area contributed by atoms with Crippen LogP contribution in [0.15, 0.2) is 46.0 Å². The van der Waals surface area contributed by atoms with Crippen molar-refractivity contribution in [1.82, 2.24) is 15.2 Å². The Kier molecular flexibility index (Phi) is 9.02. The highest BCUT2D eigenvalue weighted by Crippen LogP contribution is 2.35. The van der Waals surface area contributed by atoms with Gasteiger partial charge in [-0.05, 0) is 25.0 Å². The first-order valence-corrected chi connectivity index (χ1v) is 12.9. The van der Waals surface area contributed by atoms with Gasteiger partial charge in [-0.3, -0.25) is 9.89 Å². The van der Waals surface area contributed by atoms with Gasteiger partial charge in [-0.15, -0.1) is 17.8 Å². The van der Waals surface area contributed by atoms with Crippen LogP contribution in [0.1, 0.15) is 41.9 Å². The number of aliphatic imine (C=N–C) groups is 1. The van der Waals surface area contributed by atoms with E-state index in [0.29, 0.717) is 54.8 Å². The average Bonchev–Trinajstić information content (AvgIpc) is 3.42. The van der Waals surface area contributed by atoms with Crippen LogP contribution in [0.4, 0.5) is 4.39 Å². The first kappa shape index (κ1) is 26.9. The molecule has 2 aromatic rings. The van der Waals surface area contributed by atoms with Crippen molar-refractivity contribution in [3.05, 3.63) is 63.0 Å². The van der Waals surface area contributed by atoms with E-state index >= 15 is 0 Å². The lowest BCUT2D eigenvalue weighted by Gasteiger charge is -2.35. The van der Waals surface area contributed by atoms with Crippen molar-refractivity contribution in [1.29, 1.82) is 0 Å². The maximum Gasteiger partial charge on any atom is 0.338 e. The fourth-order valence-corrected chi connectivity index (χ4v) is 5.01. The number of ether oxygens (including phenoxy) is 2. The normalized spacial score (nSPS) is 20.4. The van der Waals surface area contributed by atoms with Gasteiger partial charge in [-0.25, -0.2) is 14.2 Å². The van der Waals surface area contributed by atoms with Gasteiger partial charge >= 0.3 is 5.97 Å². The van der Waals surface area contributed by atoms with E-state index in [1.54, 1.807) is 19.2 Å². The molecule has 0 saturated carbocycles. The first-order valence-electron chi connectivity index (χ1n) is 12.0. The van der Waals surface area contributed by atoms with Crippen molar-refractivity contribution < 1.29 is 28.9 Å². The Morgan fingerprint density at radius 1 is 1.46 bits per heavy atom. The molecular formula is C26H29FN4O5S. The number of esters is 1. The number of terminal acetylenes is 1. The fourth-order valence-electron chi connectivity index (χ4n) is 4.42. The van der Waals surface area contributed by atoms with E-state index in [1.807, 2.05) is 5.38 Å². The third kappa shape index (κ3) is 6.41. The first-order chi connectivity index (χ1) is 17.9. The molecule has 2 aliphatic heterocycles. The van der Waals surface area contributed by atoms with Crippen molar-refractivity contribution in [2.45, 2.75) is 38.2 Å². The minimum Gasteiger partial charge on any atom is -0.463 e. The van der Waals surface area contributed by atoms with Gasteiger partial charge in [0, 0.05) is 43.3 Å². The fraction of sp³-hybridized carbons (Fsp3) is 0.423. The molecule has 3 N–H and O–H groups in total. The Labute approximate surface area is 218 Å². The molecule has 0 aliphatic carbocycles. The van der Waals surface area contributed by atoms with E-state index in [1.165, 1.54) is 23.5 Å². The number of hydrogen-bond acceptors (Lipinski definition) is 10.